The van der Waals surface area contributed by atoms with Gasteiger partial charge in [0.1, 0.15) is 36.0 Å². The van der Waals surface area contributed by atoms with Gasteiger partial charge in [-0.2, -0.15) is 0 Å². The minimum absolute atomic E-state index is 0.0188. The van der Waals surface area contributed by atoms with Crippen molar-refractivity contribution in [1.82, 2.24) is 21.1 Å². The number of aldehydes is 1. The maximum absolute atomic E-state index is 14.1. The molecule has 0 radical (unpaired) electrons. The van der Waals surface area contributed by atoms with Crippen LogP contribution >= 0.6 is 0 Å². The predicted molar refractivity (Wildman–Crippen MR) is 235 cm³/mol. The van der Waals surface area contributed by atoms with Gasteiger partial charge in [0.25, 0.3) is 5.91 Å². The Morgan fingerprint density at radius 2 is 1.59 bits per heavy atom. The van der Waals surface area contributed by atoms with E-state index in [0.717, 1.165) is 5.56 Å². The molecule has 13 heteroatoms. The number of carbonyl (C=O) groups excluding carboxylic acids is 6. The van der Waals surface area contributed by atoms with Crippen LogP contribution in [0.15, 0.2) is 109 Å². The topological polar surface area (TPSA) is 180 Å². The molecule has 2 aromatic rings. The Bertz CT molecular complexity index is 1840. The second kappa shape index (κ2) is 26.7. The fourth-order valence-electron chi connectivity index (χ4n) is 6.86. The van der Waals surface area contributed by atoms with E-state index in [4.69, 9.17) is 9.47 Å². The second-order valence-electron chi connectivity index (χ2n) is 15.8. The van der Waals surface area contributed by atoms with Crippen LogP contribution in [0.2, 0.25) is 0 Å². The number of para-hydroxylation sites is 1. The van der Waals surface area contributed by atoms with E-state index in [1.807, 2.05) is 75.4 Å². The summed E-state index contributed by atoms with van der Waals surface area (Å²) < 4.78 is 11.4. The number of nitrogens with zero attached hydrogens (tertiary/aromatic N) is 1. The summed E-state index contributed by atoms with van der Waals surface area (Å²) in [7, 11) is 1.70. The van der Waals surface area contributed by atoms with Crippen LogP contribution in [0, 0.1) is 17.8 Å². The summed E-state index contributed by atoms with van der Waals surface area (Å²) in [5.74, 6) is -2.30. The van der Waals surface area contributed by atoms with Crippen LogP contribution in [0.5, 0.6) is 5.75 Å². The maximum atomic E-state index is 14.1. The Hall–Kier alpha value is -5.50. The van der Waals surface area contributed by atoms with Gasteiger partial charge in [-0.25, -0.2) is 10.2 Å². The molecule has 0 aromatic heterocycles. The molecular formula is C48H64N4O9. The van der Waals surface area contributed by atoms with Crippen LogP contribution in [0.1, 0.15) is 78.7 Å². The Morgan fingerprint density at radius 1 is 0.934 bits per heavy atom. The molecule has 0 aliphatic carbocycles. The molecule has 2 aromatic carbocycles. The third-order valence-corrected chi connectivity index (χ3v) is 10.5. The van der Waals surface area contributed by atoms with Gasteiger partial charge in [0.2, 0.25) is 5.91 Å². The van der Waals surface area contributed by atoms with Crippen molar-refractivity contribution in [3.8, 4) is 5.75 Å². The fraction of sp³-hybridized carbons (Fsp3) is 0.458. The molecule has 2 amide bonds. The summed E-state index contributed by atoms with van der Waals surface area (Å²) in [6, 6.07) is 15.8. The zero-order valence-electron chi connectivity index (χ0n) is 36.3. The number of hydrazine groups is 1. The van der Waals surface area contributed by atoms with Crippen molar-refractivity contribution in [1.29, 1.82) is 0 Å². The van der Waals surface area contributed by atoms with Crippen LogP contribution in [0.4, 0.5) is 0 Å². The number of esters is 2. The second-order valence-corrected chi connectivity index (χ2v) is 15.8. The molecule has 4 N–H and O–H groups in total. The van der Waals surface area contributed by atoms with Crippen LogP contribution in [0.3, 0.4) is 0 Å². The normalized spacial score (nSPS) is 17.7. The van der Waals surface area contributed by atoms with E-state index in [9.17, 15) is 33.9 Å². The molecule has 330 valence electrons. The number of hydrogen-bond acceptors (Lipinski definition) is 11. The Kier molecular flexibility index (Phi) is 21.8. The first-order chi connectivity index (χ1) is 29.2. The third kappa shape index (κ3) is 17.6. The average Bonchev–Trinajstić information content (AvgIpc) is 3.24. The van der Waals surface area contributed by atoms with Gasteiger partial charge >= 0.3 is 11.9 Å². The zero-order valence-corrected chi connectivity index (χ0v) is 36.3. The van der Waals surface area contributed by atoms with E-state index in [1.165, 1.54) is 24.1 Å². The quantitative estimate of drug-likeness (QED) is 0.0343. The van der Waals surface area contributed by atoms with Gasteiger partial charge in [-0.3, -0.25) is 19.4 Å². The van der Waals surface area contributed by atoms with Crippen molar-refractivity contribution in [2.45, 2.75) is 110 Å². The highest BCUT2D eigenvalue weighted by molar-refractivity contribution is 5.90. The van der Waals surface area contributed by atoms with Crippen molar-refractivity contribution < 1.29 is 43.3 Å². The predicted octanol–water partition coefficient (Wildman–Crippen LogP) is 5.55. The number of carbonyl (C=O) groups is 6. The van der Waals surface area contributed by atoms with Crippen LogP contribution < -0.4 is 20.8 Å². The largest absolute Gasteiger partial charge is 0.456 e. The zero-order chi connectivity index (χ0) is 44.7. The lowest BCUT2D eigenvalue weighted by atomic mass is 9.87. The average molecular weight is 841 g/mol. The molecule has 0 saturated carbocycles. The highest BCUT2D eigenvalue weighted by atomic mass is 16.5. The van der Waals surface area contributed by atoms with Crippen molar-refractivity contribution in [3.05, 3.63) is 114 Å². The molecule has 1 aliphatic heterocycles. The number of hydrogen-bond donors (Lipinski definition) is 4. The van der Waals surface area contributed by atoms with Gasteiger partial charge < -0.3 is 34.8 Å². The van der Waals surface area contributed by atoms with E-state index in [1.54, 1.807) is 50.4 Å². The SMILES string of the molecule is CNC(C(=O)NC(Cc1ccccc1)C(=O)N1CCCC(C(=O)O[C@@H](C/C=C/C=C/CC(C)C(O)C(C=O)CCC(C)=O)/C(C)=C/C=C/C(=O)Oc2ccccc2)N1)C(C)C. The Labute approximate surface area is 360 Å². The van der Waals surface area contributed by atoms with E-state index in [2.05, 4.69) is 16.1 Å². The van der Waals surface area contributed by atoms with Gasteiger partial charge in [0.05, 0.1) is 12.1 Å². The number of aliphatic hydroxyl groups is 1. The molecule has 1 heterocycles. The molecule has 0 bridgehead atoms. The number of ether oxygens (including phenoxy) is 2. The lowest BCUT2D eigenvalue weighted by molar-refractivity contribution is -0.156. The number of Topliss-reactive ketones (excluding diaryl/α,β-unsaturated/α-hetero) is 1. The molecule has 13 nitrogen and oxygen atoms in total. The number of allylic oxidation sites excluding steroid dienone is 5. The first-order valence-corrected chi connectivity index (χ1v) is 21.1. The van der Waals surface area contributed by atoms with Crippen molar-refractivity contribution in [2.75, 3.05) is 13.6 Å². The molecule has 3 rings (SSSR count). The molecular weight excluding hydrogens is 777 g/mol. The van der Waals surface area contributed by atoms with Gasteiger partial charge in [0.15, 0.2) is 0 Å². The third-order valence-electron chi connectivity index (χ3n) is 10.5. The molecule has 1 fully saturated rings. The molecule has 1 saturated heterocycles. The minimum Gasteiger partial charge on any atom is -0.456 e. The number of aliphatic hydroxyl groups excluding tert-OH is 1. The van der Waals surface area contributed by atoms with Gasteiger partial charge in [-0.1, -0.05) is 106 Å². The summed E-state index contributed by atoms with van der Waals surface area (Å²) in [6.07, 6.45) is 13.4. The van der Waals surface area contributed by atoms with E-state index in [-0.39, 0.29) is 48.7 Å². The highest BCUT2D eigenvalue weighted by Gasteiger charge is 2.35. The van der Waals surface area contributed by atoms with E-state index >= 15 is 0 Å². The van der Waals surface area contributed by atoms with Gasteiger partial charge in [-0.05, 0) is 81.7 Å². The summed E-state index contributed by atoms with van der Waals surface area (Å²) in [5, 5.41) is 18.1. The first-order valence-electron chi connectivity index (χ1n) is 21.1. The lowest BCUT2D eigenvalue weighted by Gasteiger charge is -2.36. The van der Waals surface area contributed by atoms with E-state index < -0.39 is 48.2 Å². The van der Waals surface area contributed by atoms with Crippen molar-refractivity contribution >= 4 is 35.8 Å². The van der Waals surface area contributed by atoms with Crippen LogP contribution in [-0.4, -0.2) is 89.9 Å². The van der Waals surface area contributed by atoms with E-state index in [0.29, 0.717) is 49.8 Å². The van der Waals surface area contributed by atoms with Crippen LogP contribution in [-0.2, 0) is 39.9 Å². The summed E-state index contributed by atoms with van der Waals surface area (Å²) >= 11 is 0. The monoisotopic (exact) mass is 840 g/mol. The number of rotatable bonds is 24. The number of amides is 2. The summed E-state index contributed by atoms with van der Waals surface area (Å²) in [6.45, 7) is 9.25. The first kappa shape index (κ1) is 49.9. The number of ketones is 1. The molecule has 6 unspecified atom stereocenters. The van der Waals surface area contributed by atoms with Gasteiger partial charge in [-0.15, -0.1) is 0 Å². The Morgan fingerprint density at radius 3 is 2.21 bits per heavy atom. The minimum atomic E-state index is -0.896. The number of benzene rings is 2. The highest BCUT2D eigenvalue weighted by Crippen LogP contribution is 2.21. The lowest BCUT2D eigenvalue weighted by Crippen LogP contribution is -2.61. The van der Waals surface area contributed by atoms with Crippen LogP contribution in [0.25, 0.3) is 0 Å². The number of nitrogens with one attached hydrogen (secondary N) is 3. The molecule has 0 spiro atoms. The molecule has 7 atom stereocenters. The standard InChI is InChI=1S/C48H64N4O9/c1-33(2)44(49-6)46(57)50-41(31-37-21-12-9-13-22-37)47(58)52-30-18-25-40(51-52)48(59)61-42(34(3)20-17-27-43(55)60-39-23-14-10-15-24-39)26-16-8-7-11-19-35(4)45(56)38(32-53)29-28-36(5)54/h7-17,20-24,27,32-33,35,38,40-42,44-45,49,51,56H,18-19,25-26,28-31H2,1-6H3,(H,50,57)/b11-7+,16-8+,27-17+,34-20+/t35?,38?,40?,41?,42-,44?,45?/m0/s1. The van der Waals surface area contributed by atoms with Crippen molar-refractivity contribution in [2.24, 2.45) is 17.8 Å². The van der Waals surface area contributed by atoms with Gasteiger partial charge in [0, 0.05) is 37.8 Å². The fourth-order valence-corrected chi connectivity index (χ4v) is 6.86. The smallest absolute Gasteiger partial charge is 0.336 e. The summed E-state index contributed by atoms with van der Waals surface area (Å²) in [5.41, 5.74) is 4.59. The molecule has 1 aliphatic rings. The Balaban J connectivity index is 1.74. The summed E-state index contributed by atoms with van der Waals surface area (Å²) in [4.78, 5) is 76.6. The maximum Gasteiger partial charge on any atom is 0.336 e. The van der Waals surface area contributed by atoms with Crippen molar-refractivity contribution in [3.63, 3.8) is 0 Å². The number of likely N-dealkylation sites (N-methyl/N-ethyl adjacent to an activating group) is 1. The molecule has 61 heavy (non-hydrogen) atoms.